The molecule has 148 valence electrons. The normalized spacial score (nSPS) is 13.2. The predicted molar refractivity (Wildman–Crippen MR) is 118 cm³/mol. The monoisotopic (exact) mass is 406 g/mol. The van der Waals surface area contributed by atoms with Crippen LogP contribution in [0.4, 0.5) is 0 Å². The van der Waals surface area contributed by atoms with Crippen LogP contribution in [0.2, 0.25) is 0 Å². The number of allylic oxidation sites excluding steroid dienone is 1. The van der Waals surface area contributed by atoms with E-state index in [1.165, 1.54) is 16.7 Å². The minimum absolute atomic E-state index is 0.268. The van der Waals surface area contributed by atoms with Gasteiger partial charge in [-0.3, -0.25) is 0 Å². The summed E-state index contributed by atoms with van der Waals surface area (Å²) in [6.07, 6.45) is 0.901. The van der Waals surface area contributed by atoms with Crippen molar-refractivity contribution in [2.75, 3.05) is 19.3 Å². The number of alkyl halides is 1. The van der Waals surface area contributed by atoms with Gasteiger partial charge >= 0.3 is 0 Å². The maximum atomic E-state index is 5.73. The Kier molecular flexibility index (Phi) is 6.06. The number of hydrogen-bond donors (Lipinski definition) is 0. The molecule has 4 heteroatoms. The van der Waals surface area contributed by atoms with Crippen LogP contribution in [-0.2, 0) is 0 Å². The summed E-state index contributed by atoms with van der Waals surface area (Å²) >= 11 is 5.73. The van der Waals surface area contributed by atoms with Crippen molar-refractivity contribution in [3.63, 3.8) is 0 Å². The van der Waals surface area contributed by atoms with Gasteiger partial charge in [0.1, 0.15) is 12.4 Å². The van der Waals surface area contributed by atoms with Gasteiger partial charge in [0.15, 0.2) is 11.5 Å². The summed E-state index contributed by atoms with van der Waals surface area (Å²) in [6.45, 7) is 2.95. The minimum atomic E-state index is 0.268. The zero-order chi connectivity index (χ0) is 20.1. The molecule has 0 spiro atoms. The van der Waals surface area contributed by atoms with Crippen LogP contribution < -0.4 is 14.2 Å². The molecule has 4 rings (SSSR count). The molecular weight excluding hydrogens is 384 g/mol. The lowest BCUT2D eigenvalue weighted by atomic mass is 9.88. The molecule has 1 heterocycles. The van der Waals surface area contributed by atoms with Crippen molar-refractivity contribution in [1.29, 1.82) is 0 Å². The summed E-state index contributed by atoms with van der Waals surface area (Å²) in [5.74, 6) is 2.86. The highest BCUT2D eigenvalue weighted by Crippen LogP contribution is 2.40. The second kappa shape index (κ2) is 9.06. The number of fused-ring (bicyclic) bond motifs is 1. The van der Waals surface area contributed by atoms with Crippen LogP contribution in [0.3, 0.4) is 0 Å². The van der Waals surface area contributed by atoms with Crippen molar-refractivity contribution in [3.8, 4) is 17.2 Å². The van der Waals surface area contributed by atoms with Gasteiger partial charge in [-0.05, 0) is 58.5 Å². The van der Waals surface area contributed by atoms with E-state index >= 15 is 0 Å². The summed E-state index contributed by atoms with van der Waals surface area (Å²) in [4.78, 5) is 0. The molecule has 0 aliphatic carbocycles. The summed E-state index contributed by atoms with van der Waals surface area (Å²) in [7, 11) is 0. The Morgan fingerprint density at radius 1 is 0.862 bits per heavy atom. The quantitative estimate of drug-likeness (QED) is 0.335. The van der Waals surface area contributed by atoms with Crippen LogP contribution in [-0.4, -0.2) is 19.3 Å². The van der Waals surface area contributed by atoms with Gasteiger partial charge in [-0.2, -0.15) is 0 Å². The van der Waals surface area contributed by atoms with Gasteiger partial charge < -0.3 is 14.2 Å². The molecule has 3 aromatic carbocycles. The topological polar surface area (TPSA) is 27.7 Å². The van der Waals surface area contributed by atoms with Crippen LogP contribution >= 0.6 is 11.6 Å². The Morgan fingerprint density at radius 3 is 2.31 bits per heavy atom. The molecule has 0 fully saturated rings. The number of halogens is 1. The second-order valence-electron chi connectivity index (χ2n) is 6.70. The lowest BCUT2D eigenvalue weighted by molar-refractivity contribution is 0.174. The third-order valence-electron chi connectivity index (χ3n) is 4.93. The first-order valence-electron chi connectivity index (χ1n) is 9.78. The third-order valence-corrected chi connectivity index (χ3v) is 5.08. The molecule has 0 aromatic heterocycles. The molecule has 0 amide bonds. The van der Waals surface area contributed by atoms with Crippen LogP contribution in [0, 0.1) is 0 Å². The summed E-state index contributed by atoms with van der Waals surface area (Å²) in [5, 5.41) is 0. The average Bonchev–Trinajstić information content (AvgIpc) is 3.25. The summed E-state index contributed by atoms with van der Waals surface area (Å²) in [5.41, 5.74) is 5.90. The molecule has 0 N–H and O–H groups in total. The molecule has 0 saturated heterocycles. The second-order valence-corrected chi connectivity index (χ2v) is 7.08. The predicted octanol–water partition coefficient (Wildman–Crippen LogP) is 6.40. The van der Waals surface area contributed by atoms with E-state index in [-0.39, 0.29) is 6.79 Å². The van der Waals surface area contributed by atoms with E-state index in [1.807, 2.05) is 24.3 Å². The largest absolute Gasteiger partial charge is 0.492 e. The van der Waals surface area contributed by atoms with E-state index < -0.39 is 0 Å². The highest BCUT2D eigenvalue weighted by molar-refractivity contribution is 6.18. The van der Waals surface area contributed by atoms with E-state index in [4.69, 9.17) is 25.8 Å². The number of rotatable bonds is 7. The van der Waals surface area contributed by atoms with Gasteiger partial charge in [0.2, 0.25) is 6.79 Å². The molecular formula is C25H23ClO3. The maximum Gasteiger partial charge on any atom is 0.231 e. The first-order chi connectivity index (χ1) is 14.3. The Labute approximate surface area is 176 Å². The van der Waals surface area contributed by atoms with Gasteiger partial charge in [0.05, 0.1) is 5.88 Å². The highest BCUT2D eigenvalue weighted by atomic mass is 35.5. The Balaban J connectivity index is 1.84. The molecule has 1 aliphatic heterocycles. The van der Waals surface area contributed by atoms with Crippen molar-refractivity contribution in [2.45, 2.75) is 13.3 Å². The summed E-state index contributed by atoms with van der Waals surface area (Å²) < 4.78 is 16.8. The number of ether oxygens (including phenoxy) is 3. The van der Waals surface area contributed by atoms with Gasteiger partial charge in [0, 0.05) is 0 Å². The van der Waals surface area contributed by atoms with E-state index in [0.717, 1.165) is 34.8 Å². The first-order valence-corrected chi connectivity index (χ1v) is 10.3. The molecule has 1 aliphatic rings. The van der Waals surface area contributed by atoms with Gasteiger partial charge in [0.25, 0.3) is 0 Å². The van der Waals surface area contributed by atoms with Crippen LogP contribution in [0.5, 0.6) is 17.2 Å². The van der Waals surface area contributed by atoms with Crippen molar-refractivity contribution in [2.24, 2.45) is 0 Å². The minimum Gasteiger partial charge on any atom is -0.492 e. The van der Waals surface area contributed by atoms with Crippen molar-refractivity contribution in [1.82, 2.24) is 0 Å². The SMILES string of the molecule is CC/C(=C(/c1ccc(OCCCl)cc1)c1ccc2c(c1)OCO2)c1ccccc1. The fourth-order valence-electron chi connectivity index (χ4n) is 3.61. The van der Waals surface area contributed by atoms with Crippen molar-refractivity contribution < 1.29 is 14.2 Å². The molecule has 3 aromatic rings. The van der Waals surface area contributed by atoms with E-state index in [9.17, 15) is 0 Å². The molecule has 0 radical (unpaired) electrons. The van der Waals surface area contributed by atoms with Crippen molar-refractivity contribution in [3.05, 3.63) is 89.5 Å². The van der Waals surface area contributed by atoms with Gasteiger partial charge in [-0.25, -0.2) is 0 Å². The number of hydrogen-bond acceptors (Lipinski definition) is 3. The molecule has 0 saturated carbocycles. The van der Waals surface area contributed by atoms with E-state index in [0.29, 0.717) is 12.5 Å². The van der Waals surface area contributed by atoms with Crippen molar-refractivity contribution >= 4 is 22.7 Å². The van der Waals surface area contributed by atoms with Crippen LogP contribution in [0.1, 0.15) is 30.0 Å². The zero-order valence-electron chi connectivity index (χ0n) is 16.4. The van der Waals surface area contributed by atoms with E-state index in [2.05, 4.69) is 55.5 Å². The standard InChI is InChI=1S/C25H23ClO3/c1-2-22(18-6-4-3-5-7-18)25(19-8-11-21(12-9-19)27-15-14-26)20-10-13-23-24(16-20)29-17-28-23/h3-13,16H,2,14-15,17H2,1H3/b25-22+. The first kappa shape index (κ1) is 19.4. The highest BCUT2D eigenvalue weighted by Gasteiger charge is 2.18. The maximum absolute atomic E-state index is 5.73. The molecule has 3 nitrogen and oxygen atoms in total. The fraction of sp³-hybridized carbons (Fsp3) is 0.200. The summed E-state index contributed by atoms with van der Waals surface area (Å²) in [6, 6.07) is 24.8. The smallest absolute Gasteiger partial charge is 0.231 e. The Bertz CT molecular complexity index is 994. The average molecular weight is 407 g/mol. The Hall–Kier alpha value is -2.91. The molecule has 0 unspecified atom stereocenters. The van der Waals surface area contributed by atoms with Crippen LogP contribution in [0.25, 0.3) is 11.1 Å². The van der Waals surface area contributed by atoms with Gasteiger partial charge in [-0.1, -0.05) is 55.5 Å². The molecule has 29 heavy (non-hydrogen) atoms. The molecule has 0 atom stereocenters. The molecule has 0 bridgehead atoms. The zero-order valence-corrected chi connectivity index (χ0v) is 17.1. The van der Waals surface area contributed by atoms with E-state index in [1.54, 1.807) is 0 Å². The third kappa shape index (κ3) is 4.25. The lowest BCUT2D eigenvalue weighted by Gasteiger charge is -2.17. The Morgan fingerprint density at radius 2 is 1.59 bits per heavy atom. The fourth-order valence-corrected chi connectivity index (χ4v) is 3.68. The number of benzene rings is 3. The van der Waals surface area contributed by atoms with Crippen LogP contribution in [0.15, 0.2) is 72.8 Å². The lowest BCUT2D eigenvalue weighted by Crippen LogP contribution is -1.99. The van der Waals surface area contributed by atoms with Gasteiger partial charge in [-0.15, -0.1) is 11.6 Å².